The molecule has 0 fully saturated rings. The van der Waals surface area contributed by atoms with Crippen molar-refractivity contribution in [1.82, 2.24) is 10.6 Å². The van der Waals surface area contributed by atoms with Crippen LogP contribution in [0.4, 0.5) is 10.5 Å². The highest BCUT2D eigenvalue weighted by Gasteiger charge is 2.40. The summed E-state index contributed by atoms with van der Waals surface area (Å²) in [7, 11) is 1.17. The highest BCUT2D eigenvalue weighted by Crippen LogP contribution is 2.41. The number of nitro benzene ring substituents is 1. The molecule has 1 aromatic rings. The van der Waals surface area contributed by atoms with Crippen LogP contribution in [0.2, 0.25) is 0 Å². The molecule has 0 aliphatic carbocycles. The van der Waals surface area contributed by atoms with Gasteiger partial charge in [0.1, 0.15) is 5.76 Å². The van der Waals surface area contributed by atoms with Gasteiger partial charge in [0, 0.05) is 17.8 Å². The van der Waals surface area contributed by atoms with Crippen LogP contribution < -0.4 is 10.6 Å². The standard InChI is InChI=1S/C16H15N3O6/c1-8-14(25-16(21)24-2)12(13-11(18-8)7-17-15(13)20)9-4-3-5-10(6-9)19(22)23/h3-6,12,18H,7H2,1-2H3,(H,17,20). The van der Waals surface area contributed by atoms with E-state index in [1.807, 2.05) is 0 Å². The number of methoxy groups -OCH3 is 1. The largest absolute Gasteiger partial charge is 0.513 e. The predicted molar refractivity (Wildman–Crippen MR) is 85.2 cm³/mol. The normalized spacial score (nSPS) is 19.1. The second-order valence-electron chi connectivity index (χ2n) is 5.53. The maximum atomic E-state index is 12.3. The summed E-state index contributed by atoms with van der Waals surface area (Å²) in [4.78, 5) is 34.5. The molecule has 1 aromatic carbocycles. The van der Waals surface area contributed by atoms with E-state index >= 15 is 0 Å². The monoisotopic (exact) mass is 345 g/mol. The summed E-state index contributed by atoms with van der Waals surface area (Å²) in [5, 5.41) is 16.8. The summed E-state index contributed by atoms with van der Waals surface area (Å²) >= 11 is 0. The van der Waals surface area contributed by atoms with Crippen molar-refractivity contribution in [3.8, 4) is 0 Å². The number of carbonyl (C=O) groups is 2. The molecule has 1 atom stereocenters. The highest BCUT2D eigenvalue weighted by molar-refractivity contribution is 5.99. The number of nitrogens with one attached hydrogen (secondary N) is 2. The van der Waals surface area contributed by atoms with E-state index in [0.29, 0.717) is 29.1 Å². The van der Waals surface area contributed by atoms with Crippen LogP contribution in [0.5, 0.6) is 0 Å². The molecule has 1 unspecified atom stereocenters. The van der Waals surface area contributed by atoms with Gasteiger partial charge in [0.15, 0.2) is 0 Å². The number of amides is 1. The van der Waals surface area contributed by atoms with Crippen molar-refractivity contribution in [3.63, 3.8) is 0 Å². The number of dihydropyridines is 1. The Kier molecular flexibility index (Phi) is 4.14. The Morgan fingerprint density at radius 1 is 1.40 bits per heavy atom. The zero-order chi connectivity index (χ0) is 18.1. The van der Waals surface area contributed by atoms with Gasteiger partial charge in [-0.3, -0.25) is 14.9 Å². The molecule has 9 nitrogen and oxygen atoms in total. The van der Waals surface area contributed by atoms with Crippen LogP contribution in [0, 0.1) is 10.1 Å². The average Bonchev–Trinajstić information content (AvgIpc) is 2.95. The Balaban J connectivity index is 2.13. The zero-order valence-electron chi connectivity index (χ0n) is 13.5. The van der Waals surface area contributed by atoms with Gasteiger partial charge in [-0.05, 0) is 12.5 Å². The first-order valence-electron chi connectivity index (χ1n) is 7.41. The van der Waals surface area contributed by atoms with Gasteiger partial charge in [0.2, 0.25) is 5.91 Å². The third-order valence-corrected chi connectivity index (χ3v) is 4.03. The highest BCUT2D eigenvalue weighted by atomic mass is 16.7. The first-order valence-corrected chi connectivity index (χ1v) is 7.41. The molecule has 3 rings (SSSR count). The Morgan fingerprint density at radius 2 is 2.16 bits per heavy atom. The van der Waals surface area contributed by atoms with Gasteiger partial charge in [-0.15, -0.1) is 0 Å². The minimum Gasteiger partial charge on any atom is -0.437 e. The summed E-state index contributed by atoms with van der Waals surface area (Å²) in [5.41, 5.74) is 1.89. The maximum Gasteiger partial charge on any atom is 0.513 e. The number of rotatable bonds is 3. The van der Waals surface area contributed by atoms with Crippen molar-refractivity contribution in [2.24, 2.45) is 0 Å². The number of ether oxygens (including phenoxy) is 2. The van der Waals surface area contributed by atoms with Crippen LogP contribution in [0.15, 0.2) is 47.0 Å². The molecule has 2 aliphatic rings. The summed E-state index contributed by atoms with van der Waals surface area (Å²) < 4.78 is 9.79. The van der Waals surface area contributed by atoms with Crippen LogP contribution >= 0.6 is 0 Å². The third kappa shape index (κ3) is 2.91. The Bertz CT molecular complexity index is 842. The van der Waals surface area contributed by atoms with Gasteiger partial charge in [-0.25, -0.2) is 4.79 Å². The molecule has 0 saturated heterocycles. The summed E-state index contributed by atoms with van der Waals surface area (Å²) in [6, 6.07) is 5.88. The van der Waals surface area contributed by atoms with E-state index in [1.165, 1.54) is 25.3 Å². The molecule has 2 heterocycles. The number of hydrogen-bond acceptors (Lipinski definition) is 7. The molecule has 130 valence electrons. The van der Waals surface area contributed by atoms with Gasteiger partial charge in [0.05, 0.1) is 35.8 Å². The molecule has 0 spiro atoms. The smallest absolute Gasteiger partial charge is 0.437 e. The van der Waals surface area contributed by atoms with E-state index < -0.39 is 17.0 Å². The minimum absolute atomic E-state index is 0.119. The molecule has 0 radical (unpaired) electrons. The van der Waals surface area contributed by atoms with Gasteiger partial charge in [-0.2, -0.15) is 0 Å². The summed E-state index contributed by atoms with van der Waals surface area (Å²) in [6.07, 6.45) is -0.936. The maximum absolute atomic E-state index is 12.3. The average molecular weight is 345 g/mol. The first-order chi connectivity index (χ1) is 11.9. The summed E-state index contributed by atoms with van der Waals surface area (Å²) in [5.74, 6) is -0.904. The number of benzene rings is 1. The first kappa shape index (κ1) is 16.5. The number of hydrogen-bond donors (Lipinski definition) is 2. The predicted octanol–water partition coefficient (Wildman–Crippen LogP) is 1.68. The van der Waals surface area contributed by atoms with Crippen LogP contribution in [-0.4, -0.2) is 30.6 Å². The molecule has 1 amide bonds. The second-order valence-corrected chi connectivity index (χ2v) is 5.53. The quantitative estimate of drug-likeness (QED) is 0.486. The van der Waals surface area contributed by atoms with Crippen LogP contribution in [0.3, 0.4) is 0 Å². The van der Waals surface area contributed by atoms with Crippen molar-refractivity contribution in [2.45, 2.75) is 12.8 Å². The Labute approximate surface area is 142 Å². The molecule has 25 heavy (non-hydrogen) atoms. The Hall–Kier alpha value is -3.36. The lowest BCUT2D eigenvalue weighted by Crippen LogP contribution is -2.28. The molecule has 0 saturated carbocycles. The van der Waals surface area contributed by atoms with Crippen molar-refractivity contribution >= 4 is 17.7 Å². The zero-order valence-corrected chi connectivity index (χ0v) is 13.5. The van der Waals surface area contributed by atoms with Crippen molar-refractivity contribution in [1.29, 1.82) is 0 Å². The van der Waals surface area contributed by atoms with E-state index in [0.717, 1.165) is 0 Å². The molecule has 0 aromatic heterocycles. The topological polar surface area (TPSA) is 120 Å². The summed E-state index contributed by atoms with van der Waals surface area (Å²) in [6.45, 7) is 2.00. The number of nitrogens with zero attached hydrogens (tertiary/aromatic N) is 1. The van der Waals surface area contributed by atoms with Crippen LogP contribution in [0.1, 0.15) is 18.4 Å². The van der Waals surface area contributed by atoms with Crippen molar-refractivity contribution < 1.29 is 24.0 Å². The van der Waals surface area contributed by atoms with Crippen LogP contribution in [-0.2, 0) is 14.3 Å². The van der Waals surface area contributed by atoms with E-state index in [9.17, 15) is 19.7 Å². The van der Waals surface area contributed by atoms with Crippen molar-refractivity contribution in [2.75, 3.05) is 13.7 Å². The number of nitro groups is 1. The second kappa shape index (κ2) is 6.27. The lowest BCUT2D eigenvalue weighted by atomic mass is 9.85. The molecular weight excluding hydrogens is 330 g/mol. The van der Waals surface area contributed by atoms with Gasteiger partial charge < -0.3 is 20.1 Å². The molecule has 0 bridgehead atoms. The van der Waals surface area contributed by atoms with Gasteiger partial charge in [-0.1, -0.05) is 12.1 Å². The van der Waals surface area contributed by atoms with E-state index in [-0.39, 0.29) is 17.4 Å². The fraction of sp³-hybridized carbons (Fsp3) is 0.250. The number of non-ortho nitro benzene ring substituents is 1. The van der Waals surface area contributed by atoms with Crippen molar-refractivity contribution in [3.05, 3.63) is 62.7 Å². The van der Waals surface area contributed by atoms with Gasteiger partial charge >= 0.3 is 6.16 Å². The van der Waals surface area contributed by atoms with E-state index in [4.69, 9.17) is 4.74 Å². The SMILES string of the molecule is COC(=O)OC1=C(C)NC2=C(C(=O)NC2)C1c1cccc([N+](=O)[O-])c1. The Morgan fingerprint density at radius 3 is 2.84 bits per heavy atom. The lowest BCUT2D eigenvalue weighted by molar-refractivity contribution is -0.384. The molecule has 2 aliphatic heterocycles. The van der Waals surface area contributed by atoms with E-state index in [1.54, 1.807) is 13.0 Å². The number of allylic oxidation sites excluding steroid dienone is 2. The molecule has 9 heteroatoms. The third-order valence-electron chi connectivity index (χ3n) is 4.03. The molecule has 2 N–H and O–H groups in total. The molecular formula is C16H15N3O6. The fourth-order valence-corrected chi connectivity index (χ4v) is 2.95. The number of carbonyl (C=O) groups excluding carboxylic acids is 2. The fourth-order valence-electron chi connectivity index (χ4n) is 2.95. The van der Waals surface area contributed by atoms with Crippen LogP contribution in [0.25, 0.3) is 0 Å². The minimum atomic E-state index is -0.936. The van der Waals surface area contributed by atoms with E-state index in [2.05, 4.69) is 15.4 Å². The van der Waals surface area contributed by atoms with Gasteiger partial charge in [0.25, 0.3) is 5.69 Å². The lowest BCUT2D eigenvalue weighted by Gasteiger charge is -2.28.